The molecule has 1 fully saturated rings. The molecule has 0 atom stereocenters. The molecule has 98 valence electrons. The van der Waals surface area contributed by atoms with Crippen LogP contribution in [0.1, 0.15) is 43.7 Å². The van der Waals surface area contributed by atoms with E-state index in [1.165, 1.54) is 11.1 Å². The fourth-order valence-electron chi connectivity index (χ4n) is 2.51. The van der Waals surface area contributed by atoms with Gasteiger partial charge in [-0.3, -0.25) is 4.90 Å². The van der Waals surface area contributed by atoms with Crippen LogP contribution in [0.15, 0.2) is 24.3 Å². The second kappa shape index (κ2) is 6.14. The molecule has 2 heteroatoms. The molecule has 1 aromatic carbocycles. The van der Waals surface area contributed by atoms with Crippen molar-refractivity contribution >= 4 is 6.29 Å². The maximum Gasteiger partial charge on any atom is 0.123 e. The van der Waals surface area contributed by atoms with Crippen LogP contribution >= 0.6 is 0 Å². The number of aldehydes is 1. The molecule has 0 N–H and O–H groups in total. The molecule has 2 nitrogen and oxygen atoms in total. The van der Waals surface area contributed by atoms with E-state index in [0.29, 0.717) is 11.8 Å². The highest BCUT2D eigenvalue weighted by molar-refractivity contribution is 5.53. The lowest BCUT2D eigenvalue weighted by Gasteiger charge is -2.29. The SMILES string of the molecule is CC(C)c1ccc(CN2CCC(C=O)CC2)cc1. The highest BCUT2D eigenvalue weighted by Crippen LogP contribution is 2.19. The van der Waals surface area contributed by atoms with Crippen molar-refractivity contribution in [1.82, 2.24) is 4.90 Å². The molecule has 0 unspecified atom stereocenters. The highest BCUT2D eigenvalue weighted by atomic mass is 16.1. The number of nitrogens with zero attached hydrogens (tertiary/aromatic N) is 1. The van der Waals surface area contributed by atoms with Crippen molar-refractivity contribution in [2.24, 2.45) is 5.92 Å². The van der Waals surface area contributed by atoms with Crippen LogP contribution in [0.25, 0.3) is 0 Å². The van der Waals surface area contributed by atoms with E-state index in [1.807, 2.05) is 0 Å². The molecule has 1 heterocycles. The summed E-state index contributed by atoms with van der Waals surface area (Å²) in [6.45, 7) is 7.56. The summed E-state index contributed by atoms with van der Waals surface area (Å²) in [7, 11) is 0. The first-order chi connectivity index (χ1) is 8.69. The number of likely N-dealkylation sites (tertiary alicyclic amines) is 1. The largest absolute Gasteiger partial charge is 0.303 e. The Morgan fingerprint density at radius 1 is 1.22 bits per heavy atom. The van der Waals surface area contributed by atoms with Gasteiger partial charge in [0.25, 0.3) is 0 Å². The summed E-state index contributed by atoms with van der Waals surface area (Å²) in [6, 6.07) is 8.94. The predicted molar refractivity (Wildman–Crippen MR) is 74.6 cm³/mol. The van der Waals surface area contributed by atoms with Gasteiger partial charge in [-0.05, 0) is 43.0 Å². The van der Waals surface area contributed by atoms with Crippen LogP contribution in [0.3, 0.4) is 0 Å². The smallest absolute Gasteiger partial charge is 0.123 e. The Morgan fingerprint density at radius 2 is 1.83 bits per heavy atom. The van der Waals surface area contributed by atoms with E-state index in [1.54, 1.807) is 0 Å². The average Bonchev–Trinajstić information content (AvgIpc) is 2.40. The van der Waals surface area contributed by atoms with E-state index < -0.39 is 0 Å². The summed E-state index contributed by atoms with van der Waals surface area (Å²) in [5.74, 6) is 0.895. The van der Waals surface area contributed by atoms with E-state index in [0.717, 1.165) is 38.8 Å². The van der Waals surface area contributed by atoms with E-state index in [9.17, 15) is 4.79 Å². The molecule has 18 heavy (non-hydrogen) atoms. The third kappa shape index (κ3) is 3.42. The van der Waals surface area contributed by atoms with Crippen molar-refractivity contribution < 1.29 is 4.79 Å². The van der Waals surface area contributed by atoms with Gasteiger partial charge in [0.2, 0.25) is 0 Å². The monoisotopic (exact) mass is 245 g/mol. The van der Waals surface area contributed by atoms with Gasteiger partial charge < -0.3 is 4.79 Å². The van der Waals surface area contributed by atoms with Gasteiger partial charge >= 0.3 is 0 Å². The fraction of sp³-hybridized carbons (Fsp3) is 0.562. The topological polar surface area (TPSA) is 20.3 Å². The minimum absolute atomic E-state index is 0.296. The first-order valence-electron chi connectivity index (χ1n) is 6.95. The van der Waals surface area contributed by atoms with Gasteiger partial charge in [0.15, 0.2) is 0 Å². The first kappa shape index (κ1) is 13.3. The molecule has 1 aliphatic heterocycles. The third-order valence-electron chi connectivity index (χ3n) is 3.88. The Labute approximate surface area is 110 Å². The van der Waals surface area contributed by atoms with Crippen molar-refractivity contribution in [3.63, 3.8) is 0 Å². The normalized spacial score (nSPS) is 18.2. The van der Waals surface area contributed by atoms with Gasteiger partial charge in [0.1, 0.15) is 6.29 Å². The summed E-state index contributed by atoms with van der Waals surface area (Å²) in [5.41, 5.74) is 2.78. The summed E-state index contributed by atoms with van der Waals surface area (Å²) < 4.78 is 0. The van der Waals surface area contributed by atoms with Crippen LogP contribution in [0.2, 0.25) is 0 Å². The fourth-order valence-corrected chi connectivity index (χ4v) is 2.51. The Morgan fingerprint density at radius 3 is 2.33 bits per heavy atom. The molecule has 1 saturated heterocycles. The van der Waals surface area contributed by atoms with Crippen LogP contribution in [0.4, 0.5) is 0 Å². The maximum absolute atomic E-state index is 10.7. The van der Waals surface area contributed by atoms with Gasteiger partial charge in [-0.25, -0.2) is 0 Å². The molecule has 0 amide bonds. The zero-order valence-electron chi connectivity index (χ0n) is 11.4. The molecule has 0 saturated carbocycles. The Bertz CT molecular complexity index is 375. The first-order valence-corrected chi connectivity index (χ1v) is 6.95. The summed E-state index contributed by atoms with van der Waals surface area (Å²) in [4.78, 5) is 13.2. The summed E-state index contributed by atoms with van der Waals surface area (Å²) in [5, 5.41) is 0. The van der Waals surface area contributed by atoms with Gasteiger partial charge in [-0.2, -0.15) is 0 Å². The second-order valence-corrected chi connectivity index (χ2v) is 5.65. The van der Waals surface area contributed by atoms with Crippen LogP contribution in [0.5, 0.6) is 0 Å². The summed E-state index contributed by atoms with van der Waals surface area (Å²) >= 11 is 0. The quantitative estimate of drug-likeness (QED) is 0.759. The van der Waals surface area contributed by atoms with Crippen molar-refractivity contribution in [2.45, 2.75) is 39.2 Å². The molecule has 2 rings (SSSR count). The Balaban J connectivity index is 1.88. The van der Waals surface area contributed by atoms with Crippen LogP contribution < -0.4 is 0 Å². The lowest BCUT2D eigenvalue weighted by molar-refractivity contribution is -0.112. The molecule has 0 aliphatic carbocycles. The van der Waals surface area contributed by atoms with E-state index in [2.05, 4.69) is 43.0 Å². The van der Waals surface area contributed by atoms with E-state index >= 15 is 0 Å². The van der Waals surface area contributed by atoms with Crippen molar-refractivity contribution in [2.75, 3.05) is 13.1 Å². The second-order valence-electron chi connectivity index (χ2n) is 5.65. The zero-order valence-corrected chi connectivity index (χ0v) is 11.4. The standard InChI is InChI=1S/C16H23NO/c1-13(2)16-5-3-14(4-6-16)11-17-9-7-15(12-18)8-10-17/h3-6,12-13,15H,7-11H2,1-2H3. The van der Waals surface area contributed by atoms with Gasteiger partial charge in [-0.1, -0.05) is 38.1 Å². The Kier molecular flexibility index (Phi) is 4.54. The van der Waals surface area contributed by atoms with Gasteiger partial charge in [0, 0.05) is 12.5 Å². The number of benzene rings is 1. The van der Waals surface area contributed by atoms with Crippen LogP contribution in [-0.4, -0.2) is 24.3 Å². The maximum atomic E-state index is 10.7. The number of hydrogen-bond donors (Lipinski definition) is 0. The van der Waals surface area contributed by atoms with Gasteiger partial charge in [-0.15, -0.1) is 0 Å². The van der Waals surface area contributed by atoms with Crippen molar-refractivity contribution in [3.8, 4) is 0 Å². The van der Waals surface area contributed by atoms with Crippen LogP contribution in [-0.2, 0) is 11.3 Å². The zero-order chi connectivity index (χ0) is 13.0. The molecular formula is C16H23NO. The number of piperidine rings is 1. The van der Waals surface area contributed by atoms with Crippen molar-refractivity contribution in [1.29, 1.82) is 0 Å². The predicted octanol–water partition coefficient (Wildman–Crippen LogP) is 3.22. The molecular weight excluding hydrogens is 222 g/mol. The molecule has 0 spiro atoms. The minimum atomic E-state index is 0.296. The molecule has 0 bridgehead atoms. The van der Waals surface area contributed by atoms with Gasteiger partial charge in [0.05, 0.1) is 0 Å². The van der Waals surface area contributed by atoms with E-state index in [-0.39, 0.29) is 0 Å². The summed E-state index contributed by atoms with van der Waals surface area (Å²) in [6.07, 6.45) is 3.16. The molecule has 0 aromatic heterocycles. The van der Waals surface area contributed by atoms with Crippen molar-refractivity contribution in [3.05, 3.63) is 35.4 Å². The number of carbonyl (C=O) groups is 1. The Hall–Kier alpha value is -1.15. The minimum Gasteiger partial charge on any atom is -0.303 e. The molecule has 0 radical (unpaired) electrons. The average molecular weight is 245 g/mol. The van der Waals surface area contributed by atoms with E-state index in [4.69, 9.17) is 0 Å². The lowest BCUT2D eigenvalue weighted by Crippen LogP contribution is -2.33. The van der Waals surface area contributed by atoms with Crippen LogP contribution in [0, 0.1) is 5.92 Å². The molecule has 1 aromatic rings. The highest BCUT2D eigenvalue weighted by Gasteiger charge is 2.18. The number of carbonyl (C=O) groups excluding carboxylic acids is 1. The molecule has 1 aliphatic rings. The lowest BCUT2D eigenvalue weighted by atomic mass is 9.97. The number of rotatable bonds is 4. The third-order valence-corrected chi connectivity index (χ3v) is 3.88. The number of hydrogen-bond acceptors (Lipinski definition) is 2.